The maximum absolute atomic E-state index is 11.8. The summed E-state index contributed by atoms with van der Waals surface area (Å²) in [6.45, 7) is 3.77. The highest BCUT2D eigenvalue weighted by atomic mass is 32.2. The van der Waals surface area contributed by atoms with Gasteiger partial charge < -0.3 is 10.4 Å². The number of hydrogen-bond acceptors (Lipinski definition) is 4. The molecule has 0 heterocycles. The molecule has 2 N–H and O–H groups in total. The summed E-state index contributed by atoms with van der Waals surface area (Å²) in [6.07, 6.45) is 0. The highest BCUT2D eigenvalue weighted by Gasteiger charge is 2.32. The number of hydrogen-bond donors (Lipinski definition) is 2. The lowest BCUT2D eigenvalue weighted by atomic mass is 10.0. The quantitative estimate of drug-likeness (QED) is 0.565. The van der Waals surface area contributed by atoms with E-state index in [-0.39, 0.29) is 12.5 Å². The predicted molar refractivity (Wildman–Crippen MR) is 84.5 cm³/mol. The van der Waals surface area contributed by atoms with Crippen LogP contribution in [0.1, 0.15) is 13.8 Å². The highest BCUT2D eigenvalue weighted by molar-refractivity contribution is 7.99. The zero-order valence-corrected chi connectivity index (χ0v) is 13.4. The van der Waals surface area contributed by atoms with Crippen LogP contribution in [0.25, 0.3) is 0 Å². The summed E-state index contributed by atoms with van der Waals surface area (Å²) in [5.41, 5.74) is -1.06. The van der Waals surface area contributed by atoms with Crippen molar-refractivity contribution in [2.75, 3.05) is 25.9 Å². The van der Waals surface area contributed by atoms with Gasteiger partial charge in [0.05, 0.1) is 6.54 Å². The van der Waals surface area contributed by atoms with Crippen molar-refractivity contribution < 1.29 is 14.7 Å². The monoisotopic (exact) mass is 310 g/mol. The van der Waals surface area contributed by atoms with Gasteiger partial charge in [0, 0.05) is 17.2 Å². The lowest BCUT2D eigenvalue weighted by Crippen LogP contribution is -2.51. The van der Waals surface area contributed by atoms with Crippen LogP contribution in [-0.2, 0) is 9.59 Å². The van der Waals surface area contributed by atoms with Gasteiger partial charge in [-0.25, -0.2) is 0 Å². The number of nitrogens with zero attached hydrogens (tertiary/aromatic N) is 1. The molecule has 0 atom stereocenters. The van der Waals surface area contributed by atoms with Crippen molar-refractivity contribution in [3.63, 3.8) is 0 Å². The molecule has 0 aromatic heterocycles. The normalized spacial score (nSPS) is 11.4. The number of benzene rings is 1. The van der Waals surface area contributed by atoms with Crippen LogP contribution < -0.4 is 5.32 Å². The van der Waals surface area contributed by atoms with Crippen molar-refractivity contribution in [1.29, 1.82) is 0 Å². The van der Waals surface area contributed by atoms with Gasteiger partial charge in [0.2, 0.25) is 5.91 Å². The molecule has 5 nitrogen and oxygen atoms in total. The summed E-state index contributed by atoms with van der Waals surface area (Å²) in [5.74, 6) is -0.333. The first-order valence-electron chi connectivity index (χ1n) is 6.73. The van der Waals surface area contributed by atoms with Gasteiger partial charge >= 0.3 is 5.97 Å². The van der Waals surface area contributed by atoms with E-state index >= 15 is 0 Å². The number of thioether (sulfide) groups is 1. The minimum Gasteiger partial charge on any atom is -0.480 e. The summed E-state index contributed by atoms with van der Waals surface area (Å²) >= 11 is 1.67. The van der Waals surface area contributed by atoms with Gasteiger partial charge in [0.25, 0.3) is 0 Å². The molecule has 0 saturated carbocycles. The summed E-state index contributed by atoms with van der Waals surface area (Å²) in [5, 5.41) is 11.9. The second-order valence-electron chi connectivity index (χ2n) is 5.23. The van der Waals surface area contributed by atoms with Gasteiger partial charge in [-0.05, 0) is 33.0 Å². The standard InChI is InChI=1S/C15H22N2O3S/c1-15(2,14(19)20)17(3)11-13(18)16-9-10-21-12-7-5-4-6-8-12/h4-8H,9-11H2,1-3H3,(H,16,18)(H,19,20). The van der Waals surface area contributed by atoms with Gasteiger partial charge in [-0.15, -0.1) is 11.8 Å². The number of amides is 1. The second-order valence-corrected chi connectivity index (χ2v) is 6.40. The van der Waals surface area contributed by atoms with Crippen molar-refractivity contribution in [2.45, 2.75) is 24.3 Å². The minimum atomic E-state index is -1.06. The molecule has 0 bridgehead atoms. The van der Waals surface area contributed by atoms with Crippen molar-refractivity contribution in [3.8, 4) is 0 Å². The van der Waals surface area contributed by atoms with Gasteiger partial charge in [-0.3, -0.25) is 14.5 Å². The Hall–Kier alpha value is -1.53. The molecule has 0 unspecified atom stereocenters. The molecular weight excluding hydrogens is 288 g/mol. The molecule has 0 aliphatic carbocycles. The maximum Gasteiger partial charge on any atom is 0.323 e. The van der Waals surface area contributed by atoms with Crippen molar-refractivity contribution in [2.24, 2.45) is 0 Å². The Balaban J connectivity index is 2.27. The van der Waals surface area contributed by atoms with Crippen LogP contribution in [0.15, 0.2) is 35.2 Å². The fraction of sp³-hybridized carbons (Fsp3) is 0.467. The molecule has 0 aliphatic rings. The minimum absolute atomic E-state index is 0.0648. The maximum atomic E-state index is 11.8. The number of carboxylic acid groups (broad SMARTS) is 1. The van der Waals surface area contributed by atoms with E-state index in [2.05, 4.69) is 5.32 Å². The van der Waals surface area contributed by atoms with E-state index in [4.69, 9.17) is 5.11 Å². The molecule has 0 fully saturated rings. The Labute approximate surface area is 129 Å². The van der Waals surface area contributed by atoms with Gasteiger partial charge in [-0.2, -0.15) is 0 Å². The first-order valence-corrected chi connectivity index (χ1v) is 7.72. The fourth-order valence-corrected chi connectivity index (χ4v) is 2.30. The zero-order valence-electron chi connectivity index (χ0n) is 12.6. The Morgan fingerprint density at radius 3 is 2.48 bits per heavy atom. The summed E-state index contributed by atoms with van der Waals surface area (Å²) in [4.78, 5) is 25.5. The molecule has 0 aliphatic heterocycles. The summed E-state index contributed by atoms with van der Waals surface area (Å²) in [6, 6.07) is 9.96. The van der Waals surface area contributed by atoms with E-state index in [1.54, 1.807) is 32.7 Å². The van der Waals surface area contributed by atoms with E-state index in [0.717, 1.165) is 10.6 Å². The van der Waals surface area contributed by atoms with Crippen molar-refractivity contribution in [3.05, 3.63) is 30.3 Å². The zero-order chi connectivity index (χ0) is 15.9. The fourth-order valence-electron chi connectivity index (χ4n) is 1.51. The topological polar surface area (TPSA) is 69.6 Å². The van der Waals surface area contributed by atoms with Crippen LogP contribution in [0.3, 0.4) is 0 Å². The van der Waals surface area contributed by atoms with Crippen LogP contribution in [0.5, 0.6) is 0 Å². The van der Waals surface area contributed by atoms with Gasteiger partial charge in [-0.1, -0.05) is 18.2 Å². The number of carboxylic acids is 1. The average Bonchev–Trinajstić information content (AvgIpc) is 2.44. The predicted octanol–water partition coefficient (Wildman–Crippen LogP) is 1.69. The third-order valence-electron chi connectivity index (χ3n) is 3.29. The smallest absolute Gasteiger partial charge is 0.323 e. The molecule has 1 amide bonds. The number of carbonyl (C=O) groups excluding carboxylic acids is 1. The SMILES string of the molecule is CN(CC(=O)NCCSc1ccccc1)C(C)(C)C(=O)O. The van der Waals surface area contributed by atoms with E-state index in [9.17, 15) is 9.59 Å². The van der Waals surface area contributed by atoms with E-state index in [1.165, 1.54) is 4.90 Å². The number of carbonyl (C=O) groups is 2. The molecule has 0 saturated heterocycles. The van der Waals surface area contributed by atoms with Crippen LogP contribution in [0.2, 0.25) is 0 Å². The number of nitrogens with one attached hydrogen (secondary N) is 1. The molecule has 1 aromatic rings. The molecule has 6 heteroatoms. The summed E-state index contributed by atoms with van der Waals surface area (Å²) in [7, 11) is 1.63. The Bertz CT molecular complexity index is 477. The molecule has 0 radical (unpaired) electrons. The summed E-state index contributed by atoms with van der Waals surface area (Å²) < 4.78 is 0. The Morgan fingerprint density at radius 1 is 1.29 bits per heavy atom. The lowest BCUT2D eigenvalue weighted by molar-refractivity contribution is -0.149. The van der Waals surface area contributed by atoms with Crippen molar-refractivity contribution in [1.82, 2.24) is 10.2 Å². The second kappa shape index (κ2) is 8.05. The third kappa shape index (κ3) is 5.77. The first kappa shape index (κ1) is 17.5. The third-order valence-corrected chi connectivity index (χ3v) is 4.31. The molecule has 21 heavy (non-hydrogen) atoms. The molecule has 116 valence electrons. The molecule has 1 rings (SSSR count). The molecule has 1 aromatic carbocycles. The van der Waals surface area contributed by atoms with Crippen LogP contribution in [0, 0.1) is 0 Å². The Morgan fingerprint density at radius 2 is 1.90 bits per heavy atom. The number of rotatable bonds is 8. The number of likely N-dealkylation sites (N-methyl/N-ethyl adjacent to an activating group) is 1. The van der Waals surface area contributed by atoms with E-state index in [1.807, 2.05) is 30.3 Å². The average molecular weight is 310 g/mol. The van der Waals surface area contributed by atoms with Crippen LogP contribution >= 0.6 is 11.8 Å². The van der Waals surface area contributed by atoms with Gasteiger partial charge in [0.15, 0.2) is 0 Å². The van der Waals surface area contributed by atoms with Crippen molar-refractivity contribution >= 4 is 23.6 Å². The highest BCUT2D eigenvalue weighted by Crippen LogP contribution is 2.15. The molecule has 0 spiro atoms. The Kier molecular flexibility index (Phi) is 6.71. The lowest BCUT2D eigenvalue weighted by Gasteiger charge is -2.30. The van der Waals surface area contributed by atoms with Gasteiger partial charge in [0.1, 0.15) is 5.54 Å². The van der Waals surface area contributed by atoms with Crippen LogP contribution in [-0.4, -0.2) is 53.3 Å². The first-order chi connectivity index (χ1) is 9.84. The van der Waals surface area contributed by atoms with E-state index in [0.29, 0.717) is 6.54 Å². The largest absolute Gasteiger partial charge is 0.480 e. The number of aliphatic carboxylic acids is 1. The molecular formula is C15H22N2O3S. The van der Waals surface area contributed by atoms with Crippen LogP contribution in [0.4, 0.5) is 0 Å². The van der Waals surface area contributed by atoms with E-state index < -0.39 is 11.5 Å².